The Morgan fingerprint density at radius 1 is 1.75 bits per heavy atom. The molecule has 0 unspecified atom stereocenters. The van der Waals surface area contributed by atoms with Crippen LogP contribution in [-0.2, 0) is 9.63 Å². The van der Waals surface area contributed by atoms with E-state index in [9.17, 15) is 4.79 Å². The van der Waals surface area contributed by atoms with E-state index in [2.05, 4.69) is 10.3 Å². The highest BCUT2D eigenvalue weighted by Gasteiger charge is 1.98. The van der Waals surface area contributed by atoms with Crippen LogP contribution in [0.1, 0.15) is 0 Å². The average Bonchev–Trinajstić information content (AvgIpc) is 1.69. The van der Waals surface area contributed by atoms with Crippen molar-refractivity contribution in [1.29, 1.82) is 0 Å². The van der Waals surface area contributed by atoms with Crippen molar-refractivity contribution in [3.63, 3.8) is 0 Å². The maximum absolute atomic E-state index is 10.2. The number of nitrogens with one attached hydrogen (secondary N) is 1. The van der Waals surface area contributed by atoms with Crippen LogP contribution in [0.5, 0.6) is 0 Å². The van der Waals surface area contributed by atoms with Gasteiger partial charge >= 0.3 is 0 Å². The summed E-state index contributed by atoms with van der Waals surface area (Å²) in [5, 5.41) is 0. The van der Waals surface area contributed by atoms with Gasteiger partial charge in [-0.1, -0.05) is 0 Å². The molecule has 0 aliphatic carbocycles. The molecule has 1 rings (SSSR count). The van der Waals surface area contributed by atoms with Gasteiger partial charge in [0.2, 0.25) is 0 Å². The zero-order valence-electron chi connectivity index (χ0n) is 4.09. The van der Waals surface area contributed by atoms with Crippen molar-refractivity contribution in [3.8, 4) is 0 Å². The average molecular weight is 136 g/mol. The van der Waals surface area contributed by atoms with Crippen molar-refractivity contribution in [3.05, 3.63) is 12.3 Å². The number of carbonyl (C=O) groups is 1. The number of hydroxylamine groups is 1. The van der Waals surface area contributed by atoms with E-state index in [1.807, 2.05) is 0 Å². The van der Waals surface area contributed by atoms with Gasteiger partial charge in [0.1, 0.15) is 6.26 Å². The smallest absolute Gasteiger partial charge is 0.175 e. The molecule has 0 aromatic carbocycles. The number of hydrogen-bond acceptors (Lipinski definition) is 3. The summed E-state index contributed by atoms with van der Waals surface area (Å²) in [7, 11) is 0. The molecule has 0 saturated heterocycles. The molecule has 0 bridgehead atoms. The molecule has 1 N–H and O–H groups in total. The first kappa shape index (κ1) is 7.46. The van der Waals surface area contributed by atoms with Crippen LogP contribution < -0.4 is 5.48 Å². The Labute approximate surface area is 53.1 Å². The largest absolute Gasteiger partial charge is 0.416 e. The normalized spacial score (nSPS) is 16.8. The first-order valence-corrected chi connectivity index (χ1v) is 1.97. The van der Waals surface area contributed by atoms with Crippen LogP contribution in [0, 0.1) is 0 Å². The molecule has 0 saturated carbocycles. The van der Waals surface area contributed by atoms with E-state index in [4.69, 9.17) is 0 Å². The van der Waals surface area contributed by atoms with Crippen LogP contribution >= 0.6 is 12.4 Å². The fraction of sp³-hybridized carbons (Fsp3) is 0.250. The lowest BCUT2D eigenvalue weighted by Crippen LogP contribution is -2.23. The van der Waals surface area contributed by atoms with Gasteiger partial charge in [-0.05, 0) is 0 Å². The molecule has 1 aliphatic heterocycles. The molecule has 0 aromatic heterocycles. The van der Waals surface area contributed by atoms with E-state index < -0.39 is 0 Å². The fourth-order valence-corrected chi connectivity index (χ4v) is 0.330. The highest BCUT2D eigenvalue weighted by Crippen LogP contribution is 1.82. The van der Waals surface area contributed by atoms with Crippen molar-refractivity contribution in [2.45, 2.75) is 0 Å². The van der Waals surface area contributed by atoms with Gasteiger partial charge in [-0.15, -0.1) is 17.9 Å². The second-order valence-corrected chi connectivity index (χ2v) is 1.21. The summed E-state index contributed by atoms with van der Waals surface area (Å²) >= 11 is 0. The fourth-order valence-electron chi connectivity index (χ4n) is 0.330. The van der Waals surface area contributed by atoms with Crippen LogP contribution in [0.2, 0.25) is 0 Å². The Hall–Kier alpha value is -0.540. The second kappa shape index (κ2) is 3.46. The molecule has 0 fully saturated rings. The minimum absolute atomic E-state index is 0. The van der Waals surface area contributed by atoms with E-state index >= 15 is 0 Å². The molecule has 0 radical (unpaired) electrons. The van der Waals surface area contributed by atoms with Gasteiger partial charge in [0.25, 0.3) is 0 Å². The third-order valence-electron chi connectivity index (χ3n) is 0.652. The number of halogens is 1. The Balaban J connectivity index is 0.000000490. The van der Waals surface area contributed by atoms with Crippen LogP contribution in [0.3, 0.4) is 0 Å². The first-order chi connectivity index (χ1) is 3.39. The van der Waals surface area contributed by atoms with Crippen LogP contribution in [0.25, 0.3) is 0 Å². The molecule has 0 amide bonds. The Bertz CT molecular complexity index is 113. The molecule has 46 valence electrons. The molecule has 1 heterocycles. The first-order valence-electron chi connectivity index (χ1n) is 1.97. The van der Waals surface area contributed by atoms with E-state index in [-0.39, 0.29) is 24.7 Å². The lowest BCUT2D eigenvalue weighted by atomic mass is 10.4. The molecule has 0 spiro atoms. The van der Waals surface area contributed by atoms with Gasteiger partial charge in [0.15, 0.2) is 5.78 Å². The van der Waals surface area contributed by atoms with E-state index in [1.165, 1.54) is 12.3 Å². The highest BCUT2D eigenvalue weighted by molar-refractivity contribution is 5.91. The zero-order valence-corrected chi connectivity index (χ0v) is 4.90. The van der Waals surface area contributed by atoms with Crippen molar-refractivity contribution < 1.29 is 9.63 Å². The van der Waals surface area contributed by atoms with Crippen LogP contribution in [0.15, 0.2) is 12.3 Å². The molecule has 3 nitrogen and oxygen atoms in total. The summed E-state index contributed by atoms with van der Waals surface area (Å²) in [6, 6.07) is 0. The van der Waals surface area contributed by atoms with E-state index in [0.29, 0.717) is 0 Å². The Morgan fingerprint density at radius 2 is 2.50 bits per heavy atom. The van der Waals surface area contributed by atoms with Gasteiger partial charge in [-0.25, -0.2) is 0 Å². The number of rotatable bonds is 0. The van der Waals surface area contributed by atoms with E-state index in [1.54, 1.807) is 0 Å². The van der Waals surface area contributed by atoms with Crippen molar-refractivity contribution in [1.82, 2.24) is 5.48 Å². The number of hydrogen-bond donors (Lipinski definition) is 1. The lowest BCUT2D eigenvalue weighted by molar-refractivity contribution is -0.116. The molecule has 4 heteroatoms. The standard InChI is InChI=1S/C4H5NO2.ClH/c6-4-1-2-7-5-3-4;/h1-2,5H,3H2;1H. The number of carbonyl (C=O) groups excluding carboxylic acids is 1. The SMILES string of the molecule is Cl.O=C1C=CONC1. The quantitative estimate of drug-likeness (QED) is 0.509. The molecule has 0 atom stereocenters. The minimum atomic E-state index is 0. The molecule has 0 aromatic rings. The predicted octanol–water partition coefficient (Wildman–Crippen LogP) is 0.0258. The Kier molecular flexibility index (Phi) is 3.23. The van der Waals surface area contributed by atoms with Gasteiger partial charge in [-0.3, -0.25) is 4.79 Å². The van der Waals surface area contributed by atoms with Crippen LogP contribution in [-0.4, -0.2) is 12.3 Å². The summed E-state index contributed by atoms with van der Waals surface area (Å²) < 4.78 is 0. The minimum Gasteiger partial charge on any atom is -0.416 e. The van der Waals surface area contributed by atoms with Crippen molar-refractivity contribution in [2.24, 2.45) is 0 Å². The summed E-state index contributed by atoms with van der Waals surface area (Å²) in [5.74, 6) is 0.0475. The van der Waals surface area contributed by atoms with Gasteiger partial charge < -0.3 is 4.84 Å². The van der Waals surface area contributed by atoms with Crippen LogP contribution in [0.4, 0.5) is 0 Å². The van der Waals surface area contributed by atoms with Gasteiger partial charge in [0.05, 0.1) is 6.54 Å². The van der Waals surface area contributed by atoms with Gasteiger partial charge in [0, 0.05) is 6.08 Å². The molecular weight excluding hydrogens is 130 g/mol. The van der Waals surface area contributed by atoms with Crippen molar-refractivity contribution in [2.75, 3.05) is 6.54 Å². The maximum Gasteiger partial charge on any atom is 0.175 e. The summed E-state index contributed by atoms with van der Waals surface area (Å²) in [5.41, 5.74) is 2.40. The maximum atomic E-state index is 10.2. The lowest BCUT2D eigenvalue weighted by Gasteiger charge is -2.02. The molecular formula is C4H6ClNO2. The third kappa shape index (κ3) is 1.95. The van der Waals surface area contributed by atoms with E-state index in [0.717, 1.165) is 0 Å². The Morgan fingerprint density at radius 3 is 2.75 bits per heavy atom. The monoisotopic (exact) mass is 135 g/mol. The third-order valence-corrected chi connectivity index (χ3v) is 0.652. The predicted molar refractivity (Wildman–Crippen MR) is 30.5 cm³/mol. The number of ketones is 1. The highest BCUT2D eigenvalue weighted by atomic mass is 35.5. The van der Waals surface area contributed by atoms with Crippen molar-refractivity contribution >= 4 is 18.2 Å². The molecule has 1 aliphatic rings. The summed E-state index contributed by atoms with van der Waals surface area (Å²) in [4.78, 5) is 14.7. The molecule has 8 heavy (non-hydrogen) atoms. The zero-order chi connectivity index (χ0) is 5.11. The second-order valence-electron chi connectivity index (χ2n) is 1.21. The topological polar surface area (TPSA) is 38.3 Å². The summed E-state index contributed by atoms with van der Waals surface area (Å²) in [6.45, 7) is 0.288. The summed E-state index contributed by atoms with van der Waals surface area (Å²) in [6.07, 6.45) is 2.71. The van der Waals surface area contributed by atoms with Gasteiger partial charge in [-0.2, -0.15) is 0 Å².